The van der Waals surface area contributed by atoms with Gasteiger partial charge in [0.25, 0.3) is 5.91 Å². The van der Waals surface area contributed by atoms with Crippen molar-refractivity contribution in [2.75, 3.05) is 6.54 Å². The quantitative estimate of drug-likeness (QED) is 0.504. The van der Waals surface area contributed by atoms with Crippen LogP contribution in [0.3, 0.4) is 0 Å². The zero-order valence-electron chi connectivity index (χ0n) is 13.6. The normalized spacial score (nSPS) is 10.4. The van der Waals surface area contributed by atoms with Gasteiger partial charge in [0.1, 0.15) is 5.75 Å². The largest absolute Gasteiger partial charge is 0.459 e. The third kappa shape index (κ3) is 4.71. The van der Waals surface area contributed by atoms with Crippen LogP contribution in [0.2, 0.25) is 0 Å². The summed E-state index contributed by atoms with van der Waals surface area (Å²) in [6, 6.07) is 7.21. The molecule has 1 amide bonds. The third-order valence-electron chi connectivity index (χ3n) is 3.41. The number of carbonyl (C=O) groups excluding carboxylic acids is 2. The van der Waals surface area contributed by atoms with Gasteiger partial charge in [-0.1, -0.05) is 17.7 Å². The molecule has 0 aliphatic carbocycles. The first-order valence-corrected chi connectivity index (χ1v) is 7.57. The standard InChI is InChI=1S/C18H21NO4/c1-12-10-13(2)17(14(3)11-12)23-16(20)7-4-8-19-18(21)15-6-5-9-22-15/h5-6,9-11H,4,7-8H2,1-3H3,(H,19,21). The Bertz CT molecular complexity index is 666. The minimum Gasteiger partial charge on any atom is -0.459 e. The topological polar surface area (TPSA) is 68.5 Å². The first-order valence-electron chi connectivity index (χ1n) is 7.57. The van der Waals surface area contributed by atoms with E-state index in [4.69, 9.17) is 9.15 Å². The third-order valence-corrected chi connectivity index (χ3v) is 3.41. The molecule has 1 N–H and O–H groups in total. The molecule has 1 aromatic carbocycles. The summed E-state index contributed by atoms with van der Waals surface area (Å²) in [5, 5.41) is 2.69. The van der Waals surface area contributed by atoms with Gasteiger partial charge < -0.3 is 14.5 Å². The number of amides is 1. The Balaban J connectivity index is 1.77. The van der Waals surface area contributed by atoms with E-state index in [0.29, 0.717) is 18.7 Å². The van der Waals surface area contributed by atoms with Crippen LogP contribution in [0.15, 0.2) is 34.9 Å². The second-order valence-electron chi connectivity index (χ2n) is 5.54. The molecule has 0 bridgehead atoms. The molecule has 0 spiro atoms. The Morgan fingerprint density at radius 1 is 1.17 bits per heavy atom. The Labute approximate surface area is 135 Å². The maximum atomic E-state index is 11.9. The number of hydrogen-bond acceptors (Lipinski definition) is 4. The number of carbonyl (C=O) groups is 2. The Hall–Kier alpha value is -2.56. The van der Waals surface area contributed by atoms with Gasteiger partial charge in [-0.15, -0.1) is 0 Å². The van der Waals surface area contributed by atoms with Crippen molar-refractivity contribution in [2.24, 2.45) is 0 Å². The predicted octanol–water partition coefficient (Wildman–Crippen LogP) is 3.32. The Morgan fingerprint density at radius 3 is 2.48 bits per heavy atom. The van der Waals surface area contributed by atoms with E-state index in [9.17, 15) is 9.59 Å². The van der Waals surface area contributed by atoms with Crippen LogP contribution < -0.4 is 10.1 Å². The lowest BCUT2D eigenvalue weighted by Crippen LogP contribution is -2.24. The van der Waals surface area contributed by atoms with Gasteiger partial charge in [0.15, 0.2) is 5.76 Å². The summed E-state index contributed by atoms with van der Waals surface area (Å²) < 4.78 is 10.4. The van der Waals surface area contributed by atoms with Crippen molar-refractivity contribution in [3.8, 4) is 5.75 Å². The molecule has 1 heterocycles. The van der Waals surface area contributed by atoms with Crippen LogP contribution in [0.4, 0.5) is 0 Å². The number of hydrogen-bond donors (Lipinski definition) is 1. The van der Waals surface area contributed by atoms with Crippen LogP contribution in [0.5, 0.6) is 5.75 Å². The minimum atomic E-state index is -0.299. The fourth-order valence-corrected chi connectivity index (χ4v) is 2.42. The zero-order valence-corrected chi connectivity index (χ0v) is 13.6. The van der Waals surface area contributed by atoms with Gasteiger partial charge in [0.2, 0.25) is 0 Å². The molecular formula is C18H21NO4. The Kier molecular flexibility index (Phi) is 5.57. The van der Waals surface area contributed by atoms with Crippen molar-refractivity contribution in [2.45, 2.75) is 33.6 Å². The lowest BCUT2D eigenvalue weighted by Gasteiger charge is -2.11. The smallest absolute Gasteiger partial charge is 0.311 e. The van der Waals surface area contributed by atoms with Crippen molar-refractivity contribution in [3.05, 3.63) is 53.0 Å². The number of nitrogens with one attached hydrogen (secondary N) is 1. The van der Waals surface area contributed by atoms with Gasteiger partial charge in [0.05, 0.1) is 6.26 Å². The number of aryl methyl sites for hydroxylation is 3. The van der Waals surface area contributed by atoms with E-state index in [2.05, 4.69) is 5.32 Å². The van der Waals surface area contributed by atoms with Gasteiger partial charge >= 0.3 is 5.97 Å². The van der Waals surface area contributed by atoms with Crippen LogP contribution in [0.1, 0.15) is 40.1 Å². The molecular weight excluding hydrogens is 294 g/mol. The van der Waals surface area contributed by atoms with Crippen molar-refractivity contribution >= 4 is 11.9 Å². The summed E-state index contributed by atoms with van der Waals surface area (Å²) in [5.41, 5.74) is 3.03. The molecule has 0 saturated heterocycles. The number of ether oxygens (including phenoxy) is 1. The van der Waals surface area contributed by atoms with Crippen molar-refractivity contribution < 1.29 is 18.7 Å². The maximum Gasteiger partial charge on any atom is 0.311 e. The number of benzene rings is 1. The van der Waals surface area contributed by atoms with Crippen molar-refractivity contribution in [3.63, 3.8) is 0 Å². The summed E-state index contributed by atoms with van der Waals surface area (Å²) in [7, 11) is 0. The number of furan rings is 1. The van der Waals surface area contributed by atoms with Crippen LogP contribution >= 0.6 is 0 Å². The highest BCUT2D eigenvalue weighted by molar-refractivity contribution is 5.91. The van der Waals surface area contributed by atoms with E-state index in [0.717, 1.165) is 16.7 Å². The highest BCUT2D eigenvalue weighted by atomic mass is 16.5. The molecule has 0 aliphatic heterocycles. The summed E-state index contributed by atoms with van der Waals surface area (Å²) in [5.74, 6) is 0.305. The summed E-state index contributed by atoms with van der Waals surface area (Å²) >= 11 is 0. The van der Waals surface area contributed by atoms with Crippen LogP contribution in [-0.4, -0.2) is 18.4 Å². The van der Waals surface area contributed by atoms with Crippen LogP contribution in [0, 0.1) is 20.8 Å². The lowest BCUT2D eigenvalue weighted by molar-refractivity contribution is -0.134. The van der Waals surface area contributed by atoms with Crippen LogP contribution in [0.25, 0.3) is 0 Å². The van der Waals surface area contributed by atoms with Gasteiger partial charge in [-0.05, 0) is 50.5 Å². The summed E-state index contributed by atoms with van der Waals surface area (Å²) in [6.45, 7) is 6.24. The van der Waals surface area contributed by atoms with Gasteiger partial charge in [-0.25, -0.2) is 0 Å². The summed E-state index contributed by atoms with van der Waals surface area (Å²) in [4.78, 5) is 23.6. The molecule has 5 heteroatoms. The second-order valence-corrected chi connectivity index (χ2v) is 5.54. The molecule has 2 rings (SSSR count). The molecule has 122 valence electrons. The van der Waals surface area contributed by atoms with E-state index in [1.807, 2.05) is 32.9 Å². The van der Waals surface area contributed by atoms with Gasteiger partial charge in [0, 0.05) is 13.0 Å². The molecule has 2 aromatic rings. The van der Waals surface area contributed by atoms with E-state index in [1.165, 1.54) is 6.26 Å². The number of rotatable bonds is 6. The average molecular weight is 315 g/mol. The van der Waals surface area contributed by atoms with Crippen molar-refractivity contribution in [1.82, 2.24) is 5.32 Å². The first kappa shape index (κ1) is 16.8. The highest BCUT2D eigenvalue weighted by Crippen LogP contribution is 2.24. The molecule has 0 saturated carbocycles. The fourth-order valence-electron chi connectivity index (χ4n) is 2.42. The monoisotopic (exact) mass is 315 g/mol. The van der Waals surface area contributed by atoms with Crippen LogP contribution in [-0.2, 0) is 4.79 Å². The Morgan fingerprint density at radius 2 is 1.87 bits per heavy atom. The molecule has 0 atom stereocenters. The zero-order chi connectivity index (χ0) is 16.8. The molecule has 1 aromatic heterocycles. The fraction of sp³-hybridized carbons (Fsp3) is 0.333. The molecule has 23 heavy (non-hydrogen) atoms. The highest BCUT2D eigenvalue weighted by Gasteiger charge is 2.11. The van der Waals surface area contributed by atoms with E-state index in [1.54, 1.807) is 12.1 Å². The minimum absolute atomic E-state index is 0.241. The molecule has 0 radical (unpaired) electrons. The van der Waals surface area contributed by atoms with E-state index in [-0.39, 0.29) is 24.1 Å². The second kappa shape index (κ2) is 7.63. The summed E-state index contributed by atoms with van der Waals surface area (Å²) in [6.07, 6.45) is 2.19. The van der Waals surface area contributed by atoms with E-state index >= 15 is 0 Å². The number of esters is 1. The molecule has 0 aliphatic rings. The molecule has 0 fully saturated rings. The average Bonchev–Trinajstić information content (AvgIpc) is 3.01. The molecule has 0 unspecified atom stereocenters. The molecule has 5 nitrogen and oxygen atoms in total. The van der Waals surface area contributed by atoms with Gasteiger partial charge in [-0.2, -0.15) is 0 Å². The first-order chi connectivity index (χ1) is 11.0. The van der Waals surface area contributed by atoms with Crippen molar-refractivity contribution in [1.29, 1.82) is 0 Å². The SMILES string of the molecule is Cc1cc(C)c(OC(=O)CCCNC(=O)c2ccco2)c(C)c1. The predicted molar refractivity (Wildman–Crippen MR) is 86.6 cm³/mol. The maximum absolute atomic E-state index is 11.9. The van der Waals surface area contributed by atoms with Gasteiger partial charge in [-0.3, -0.25) is 9.59 Å². The lowest BCUT2D eigenvalue weighted by atomic mass is 10.1. The van der Waals surface area contributed by atoms with E-state index < -0.39 is 0 Å².